The lowest BCUT2D eigenvalue weighted by Gasteiger charge is -2.00. The summed E-state index contributed by atoms with van der Waals surface area (Å²) >= 11 is 1.78. The molecule has 1 heterocycles. The van der Waals surface area contributed by atoms with Crippen LogP contribution in [0.5, 0.6) is 0 Å². The molecule has 96 valence electrons. The molecular formula is C15H15N3S. The van der Waals surface area contributed by atoms with Gasteiger partial charge in [-0.05, 0) is 37.3 Å². The van der Waals surface area contributed by atoms with Gasteiger partial charge < -0.3 is 10.7 Å². The third-order valence-corrected chi connectivity index (χ3v) is 3.93. The van der Waals surface area contributed by atoms with Crippen molar-refractivity contribution in [3.05, 3.63) is 53.9 Å². The molecule has 0 atom stereocenters. The van der Waals surface area contributed by atoms with Crippen LogP contribution in [0, 0.1) is 6.92 Å². The van der Waals surface area contributed by atoms with E-state index in [1.54, 1.807) is 11.8 Å². The number of nitrogens with zero attached hydrogens (tertiary/aromatic N) is 1. The Morgan fingerprint density at radius 1 is 1.21 bits per heavy atom. The molecule has 0 fully saturated rings. The molecule has 0 bridgehead atoms. The van der Waals surface area contributed by atoms with Crippen molar-refractivity contribution < 1.29 is 0 Å². The van der Waals surface area contributed by atoms with Gasteiger partial charge in [0.25, 0.3) is 0 Å². The Morgan fingerprint density at radius 2 is 2.11 bits per heavy atom. The summed E-state index contributed by atoms with van der Waals surface area (Å²) in [4.78, 5) is 9.13. The Labute approximate surface area is 116 Å². The van der Waals surface area contributed by atoms with Gasteiger partial charge >= 0.3 is 0 Å². The van der Waals surface area contributed by atoms with Gasteiger partial charge in [0.1, 0.15) is 5.82 Å². The number of anilines is 1. The highest BCUT2D eigenvalue weighted by Gasteiger charge is 2.04. The summed E-state index contributed by atoms with van der Waals surface area (Å²) in [7, 11) is 0. The van der Waals surface area contributed by atoms with E-state index in [4.69, 9.17) is 5.73 Å². The molecule has 3 rings (SSSR count). The molecule has 19 heavy (non-hydrogen) atoms. The van der Waals surface area contributed by atoms with Gasteiger partial charge in [-0.1, -0.05) is 17.7 Å². The van der Waals surface area contributed by atoms with Crippen molar-refractivity contribution in [1.82, 2.24) is 9.97 Å². The predicted molar refractivity (Wildman–Crippen MR) is 81.2 cm³/mol. The highest BCUT2D eigenvalue weighted by atomic mass is 32.2. The van der Waals surface area contributed by atoms with Gasteiger partial charge in [-0.2, -0.15) is 0 Å². The van der Waals surface area contributed by atoms with E-state index in [0.717, 1.165) is 28.3 Å². The first-order chi connectivity index (χ1) is 9.20. The van der Waals surface area contributed by atoms with Gasteiger partial charge in [0.05, 0.1) is 16.8 Å². The summed E-state index contributed by atoms with van der Waals surface area (Å²) in [5.41, 5.74) is 9.77. The second kappa shape index (κ2) is 4.97. The molecule has 3 N–H and O–H groups in total. The fourth-order valence-electron chi connectivity index (χ4n) is 2.01. The second-order valence-electron chi connectivity index (χ2n) is 4.57. The quantitative estimate of drug-likeness (QED) is 0.562. The third-order valence-electron chi connectivity index (χ3n) is 2.92. The number of aromatic amines is 1. The highest BCUT2D eigenvalue weighted by molar-refractivity contribution is 7.98. The highest BCUT2D eigenvalue weighted by Crippen LogP contribution is 2.24. The number of hydrogen-bond donors (Lipinski definition) is 2. The van der Waals surface area contributed by atoms with Crippen LogP contribution in [-0.4, -0.2) is 9.97 Å². The first-order valence-corrected chi connectivity index (χ1v) is 7.13. The molecule has 0 saturated carbocycles. The van der Waals surface area contributed by atoms with Crippen LogP contribution >= 0.6 is 11.8 Å². The lowest BCUT2D eigenvalue weighted by atomic mass is 10.2. The van der Waals surface area contributed by atoms with Gasteiger partial charge in [0, 0.05) is 10.6 Å². The Bertz CT molecular complexity index is 718. The van der Waals surface area contributed by atoms with Crippen LogP contribution in [0.2, 0.25) is 0 Å². The third kappa shape index (κ3) is 2.74. The molecule has 0 spiro atoms. The molecule has 2 aromatic carbocycles. The molecule has 0 aliphatic carbocycles. The number of nitrogens with two attached hydrogens (primary N) is 1. The topological polar surface area (TPSA) is 54.7 Å². The SMILES string of the molecule is Cc1cccc(SCc2nc3ccc(N)cc3[nH]2)c1. The number of H-pyrrole nitrogens is 1. The number of rotatable bonds is 3. The smallest absolute Gasteiger partial charge is 0.117 e. The number of fused-ring (bicyclic) bond motifs is 1. The van der Waals surface area contributed by atoms with Gasteiger partial charge in [-0.3, -0.25) is 0 Å². The monoisotopic (exact) mass is 269 g/mol. The number of nitrogens with one attached hydrogen (secondary N) is 1. The van der Waals surface area contributed by atoms with Crippen molar-refractivity contribution in [1.29, 1.82) is 0 Å². The van der Waals surface area contributed by atoms with E-state index in [1.807, 2.05) is 18.2 Å². The molecule has 0 unspecified atom stereocenters. The van der Waals surface area contributed by atoms with Crippen LogP contribution in [0.1, 0.15) is 11.4 Å². The Balaban J connectivity index is 1.78. The van der Waals surface area contributed by atoms with E-state index >= 15 is 0 Å². The van der Waals surface area contributed by atoms with Crippen molar-refractivity contribution in [2.75, 3.05) is 5.73 Å². The van der Waals surface area contributed by atoms with Crippen LogP contribution < -0.4 is 5.73 Å². The van der Waals surface area contributed by atoms with Crippen LogP contribution in [0.3, 0.4) is 0 Å². The largest absolute Gasteiger partial charge is 0.399 e. The second-order valence-corrected chi connectivity index (χ2v) is 5.61. The van der Waals surface area contributed by atoms with E-state index in [0.29, 0.717) is 0 Å². The lowest BCUT2D eigenvalue weighted by Crippen LogP contribution is -1.83. The van der Waals surface area contributed by atoms with Gasteiger partial charge in [0.15, 0.2) is 0 Å². The maximum atomic E-state index is 5.76. The first kappa shape index (κ1) is 12.1. The number of aromatic nitrogens is 2. The minimum Gasteiger partial charge on any atom is -0.399 e. The molecule has 1 aromatic heterocycles. The average molecular weight is 269 g/mol. The zero-order valence-corrected chi connectivity index (χ0v) is 11.5. The van der Waals surface area contributed by atoms with Gasteiger partial charge in [-0.25, -0.2) is 4.98 Å². The zero-order chi connectivity index (χ0) is 13.2. The minimum absolute atomic E-state index is 0.758. The first-order valence-electron chi connectivity index (χ1n) is 6.14. The van der Waals surface area contributed by atoms with E-state index in [-0.39, 0.29) is 0 Å². The fourth-order valence-corrected chi connectivity index (χ4v) is 2.89. The van der Waals surface area contributed by atoms with Crippen LogP contribution in [0.25, 0.3) is 11.0 Å². The molecule has 0 amide bonds. The zero-order valence-electron chi connectivity index (χ0n) is 10.7. The van der Waals surface area contributed by atoms with Crippen LogP contribution in [-0.2, 0) is 5.75 Å². The molecule has 0 aliphatic rings. The summed E-state index contributed by atoms with van der Waals surface area (Å²) < 4.78 is 0. The standard InChI is InChI=1S/C15H15N3S/c1-10-3-2-4-12(7-10)19-9-15-17-13-6-5-11(16)8-14(13)18-15/h2-8H,9,16H2,1H3,(H,17,18). The molecule has 0 aliphatic heterocycles. The molecule has 3 aromatic rings. The Hall–Kier alpha value is -1.94. The Kier molecular flexibility index (Phi) is 3.17. The van der Waals surface area contributed by atoms with Crippen LogP contribution in [0.4, 0.5) is 5.69 Å². The van der Waals surface area contributed by atoms with E-state index in [1.165, 1.54) is 10.5 Å². The molecule has 4 heteroatoms. The number of aryl methyl sites for hydroxylation is 1. The molecule has 3 nitrogen and oxygen atoms in total. The summed E-state index contributed by atoms with van der Waals surface area (Å²) in [5.74, 6) is 1.81. The van der Waals surface area contributed by atoms with Crippen LogP contribution in [0.15, 0.2) is 47.4 Å². The fraction of sp³-hybridized carbons (Fsp3) is 0.133. The van der Waals surface area contributed by atoms with Crippen molar-refractivity contribution in [2.24, 2.45) is 0 Å². The van der Waals surface area contributed by atoms with Gasteiger partial charge in [0.2, 0.25) is 0 Å². The van der Waals surface area contributed by atoms with E-state index in [9.17, 15) is 0 Å². The molecular weight excluding hydrogens is 254 g/mol. The number of thioether (sulfide) groups is 1. The van der Waals surface area contributed by atoms with Crippen molar-refractivity contribution >= 4 is 28.5 Å². The summed E-state index contributed by atoms with van der Waals surface area (Å²) in [6.45, 7) is 2.11. The van der Waals surface area contributed by atoms with Gasteiger partial charge in [-0.15, -0.1) is 11.8 Å². The number of nitrogen functional groups attached to an aromatic ring is 1. The summed E-state index contributed by atoms with van der Waals surface area (Å²) in [6, 6.07) is 14.2. The maximum Gasteiger partial charge on any atom is 0.117 e. The molecule has 0 radical (unpaired) electrons. The number of hydrogen-bond acceptors (Lipinski definition) is 3. The van der Waals surface area contributed by atoms with Crippen molar-refractivity contribution in [3.63, 3.8) is 0 Å². The average Bonchev–Trinajstić information content (AvgIpc) is 2.78. The summed E-state index contributed by atoms with van der Waals surface area (Å²) in [6.07, 6.45) is 0. The van der Waals surface area contributed by atoms with Crippen molar-refractivity contribution in [3.8, 4) is 0 Å². The van der Waals surface area contributed by atoms with E-state index in [2.05, 4.69) is 41.2 Å². The van der Waals surface area contributed by atoms with Crippen molar-refractivity contribution in [2.45, 2.75) is 17.6 Å². The maximum absolute atomic E-state index is 5.76. The predicted octanol–water partition coefficient (Wildman–Crippen LogP) is 3.75. The molecule has 0 saturated heterocycles. The normalized spacial score (nSPS) is 11.0. The minimum atomic E-state index is 0.758. The number of benzene rings is 2. The number of imidazole rings is 1. The lowest BCUT2D eigenvalue weighted by molar-refractivity contribution is 1.14. The van der Waals surface area contributed by atoms with E-state index < -0.39 is 0 Å². The summed E-state index contributed by atoms with van der Waals surface area (Å²) in [5, 5.41) is 0. The Morgan fingerprint density at radius 3 is 2.95 bits per heavy atom.